The normalized spacial score (nSPS) is 15.2. The molecule has 2 aromatic heterocycles. The van der Waals surface area contributed by atoms with Gasteiger partial charge < -0.3 is 0 Å². The van der Waals surface area contributed by atoms with Crippen LogP contribution < -0.4 is 0 Å². The smallest absolute Gasteiger partial charge is 0.217 e. The lowest BCUT2D eigenvalue weighted by Crippen LogP contribution is -2.31. The molecule has 114 valence electrons. The molecule has 0 bridgehead atoms. The molecule has 2 heterocycles. The lowest BCUT2D eigenvalue weighted by atomic mass is 10.1. The number of thiophene rings is 1. The second kappa shape index (κ2) is 6.42. The molecular formula is C15H22N4S2. The number of aromatic amines is 1. The SMILES string of the molecule is CC(C)CCN(Cn1[nH]c(-c2cccs2)nc1=S)C1CC1. The fraction of sp³-hybridized carbons (Fsp3) is 0.600. The van der Waals surface area contributed by atoms with Crippen LogP contribution in [0.25, 0.3) is 10.7 Å². The van der Waals surface area contributed by atoms with Gasteiger partial charge in [-0.15, -0.1) is 11.3 Å². The predicted octanol–water partition coefficient (Wildman–Crippen LogP) is 4.14. The summed E-state index contributed by atoms with van der Waals surface area (Å²) in [6.45, 7) is 6.52. The lowest BCUT2D eigenvalue weighted by Gasteiger charge is -2.22. The quantitative estimate of drug-likeness (QED) is 0.779. The fourth-order valence-electron chi connectivity index (χ4n) is 2.39. The van der Waals surface area contributed by atoms with Crippen LogP contribution in [0.5, 0.6) is 0 Å². The van der Waals surface area contributed by atoms with Gasteiger partial charge in [0, 0.05) is 12.6 Å². The van der Waals surface area contributed by atoms with Gasteiger partial charge in [0.05, 0.1) is 11.5 Å². The molecule has 2 aromatic rings. The molecule has 21 heavy (non-hydrogen) atoms. The maximum Gasteiger partial charge on any atom is 0.217 e. The van der Waals surface area contributed by atoms with Gasteiger partial charge in [-0.3, -0.25) is 10.00 Å². The zero-order chi connectivity index (χ0) is 14.8. The third-order valence-corrected chi connectivity index (χ3v) is 5.00. The molecule has 0 spiro atoms. The second-order valence-corrected chi connectivity index (χ2v) is 7.44. The van der Waals surface area contributed by atoms with Gasteiger partial charge in [0.2, 0.25) is 4.77 Å². The Morgan fingerprint density at radius 3 is 2.95 bits per heavy atom. The average molecular weight is 323 g/mol. The molecular weight excluding hydrogens is 300 g/mol. The van der Waals surface area contributed by atoms with E-state index in [4.69, 9.17) is 12.2 Å². The van der Waals surface area contributed by atoms with Gasteiger partial charge in [0.1, 0.15) is 0 Å². The van der Waals surface area contributed by atoms with Crippen molar-refractivity contribution in [2.75, 3.05) is 6.54 Å². The monoisotopic (exact) mass is 322 g/mol. The molecule has 0 unspecified atom stereocenters. The van der Waals surface area contributed by atoms with Crippen LogP contribution in [0.3, 0.4) is 0 Å². The number of aromatic nitrogens is 3. The van der Waals surface area contributed by atoms with E-state index < -0.39 is 0 Å². The van der Waals surface area contributed by atoms with Crippen LogP contribution in [0.1, 0.15) is 33.1 Å². The average Bonchev–Trinajstić information content (AvgIpc) is 3.01. The van der Waals surface area contributed by atoms with Crippen LogP contribution in [0.15, 0.2) is 17.5 Å². The van der Waals surface area contributed by atoms with Gasteiger partial charge in [-0.2, -0.15) is 4.98 Å². The summed E-state index contributed by atoms with van der Waals surface area (Å²) in [5, 5.41) is 5.41. The fourth-order valence-corrected chi connectivity index (χ4v) is 3.25. The summed E-state index contributed by atoms with van der Waals surface area (Å²) in [5.41, 5.74) is 0. The van der Waals surface area contributed by atoms with E-state index in [1.54, 1.807) is 11.3 Å². The topological polar surface area (TPSA) is 36.9 Å². The minimum Gasteiger partial charge on any atom is -0.281 e. The van der Waals surface area contributed by atoms with E-state index >= 15 is 0 Å². The molecule has 0 amide bonds. The van der Waals surface area contributed by atoms with Gasteiger partial charge in [0.25, 0.3) is 0 Å². The minimum atomic E-state index is 0.647. The van der Waals surface area contributed by atoms with E-state index in [2.05, 4.69) is 40.3 Å². The summed E-state index contributed by atoms with van der Waals surface area (Å²) in [4.78, 5) is 8.16. The molecule has 4 nitrogen and oxygen atoms in total. The molecule has 1 N–H and O–H groups in total. The van der Waals surface area contributed by atoms with Crippen LogP contribution in [-0.4, -0.2) is 32.3 Å². The first kappa shape index (κ1) is 14.9. The number of hydrogen-bond acceptors (Lipinski definition) is 4. The van der Waals surface area contributed by atoms with Crippen molar-refractivity contribution in [3.05, 3.63) is 22.3 Å². The van der Waals surface area contributed by atoms with Gasteiger partial charge in [-0.25, -0.2) is 4.68 Å². The Labute approximate surface area is 134 Å². The van der Waals surface area contributed by atoms with Gasteiger partial charge in [-0.1, -0.05) is 19.9 Å². The molecule has 0 atom stereocenters. The van der Waals surface area contributed by atoms with Crippen molar-refractivity contribution in [2.45, 2.75) is 45.8 Å². The maximum atomic E-state index is 5.41. The summed E-state index contributed by atoms with van der Waals surface area (Å²) in [6, 6.07) is 4.84. The number of hydrogen-bond donors (Lipinski definition) is 1. The van der Waals surface area contributed by atoms with Crippen LogP contribution in [0, 0.1) is 10.7 Å². The molecule has 0 aliphatic heterocycles. The van der Waals surface area contributed by atoms with Crippen LogP contribution >= 0.6 is 23.6 Å². The highest BCUT2D eigenvalue weighted by atomic mass is 32.1. The van der Waals surface area contributed by atoms with Crippen LogP contribution in [0.2, 0.25) is 0 Å². The zero-order valence-corrected chi connectivity index (χ0v) is 14.2. The van der Waals surface area contributed by atoms with Crippen molar-refractivity contribution in [2.24, 2.45) is 5.92 Å². The maximum absolute atomic E-state index is 5.41. The molecule has 1 aliphatic rings. The van der Waals surface area contributed by atoms with Gasteiger partial charge in [-0.05, 0) is 48.8 Å². The van der Waals surface area contributed by atoms with Crippen LogP contribution in [-0.2, 0) is 6.67 Å². The number of nitrogens with one attached hydrogen (secondary N) is 1. The minimum absolute atomic E-state index is 0.647. The Balaban J connectivity index is 1.72. The van der Waals surface area contributed by atoms with Gasteiger partial charge >= 0.3 is 0 Å². The third kappa shape index (κ3) is 3.81. The molecule has 1 saturated carbocycles. The van der Waals surface area contributed by atoms with E-state index in [0.717, 1.165) is 35.9 Å². The molecule has 3 rings (SSSR count). The van der Waals surface area contributed by atoms with Crippen molar-refractivity contribution < 1.29 is 0 Å². The Bertz CT molecular complexity index is 622. The third-order valence-electron chi connectivity index (χ3n) is 3.81. The first-order valence-electron chi connectivity index (χ1n) is 7.58. The highest BCUT2D eigenvalue weighted by molar-refractivity contribution is 7.71. The van der Waals surface area contributed by atoms with Gasteiger partial charge in [0.15, 0.2) is 5.82 Å². The summed E-state index contributed by atoms with van der Waals surface area (Å²) in [7, 11) is 0. The standard InChI is InChI=1S/C15H22N4S2/c1-11(2)7-8-18(12-5-6-12)10-19-15(20)16-14(17-19)13-4-3-9-21-13/h3-4,9,11-12H,5-8,10H2,1-2H3,(H,16,17,20). The highest BCUT2D eigenvalue weighted by Gasteiger charge is 2.29. The Morgan fingerprint density at radius 2 is 2.33 bits per heavy atom. The van der Waals surface area contributed by atoms with E-state index in [-0.39, 0.29) is 0 Å². The summed E-state index contributed by atoms with van der Waals surface area (Å²) in [6.07, 6.45) is 3.87. The summed E-state index contributed by atoms with van der Waals surface area (Å²) < 4.78 is 2.65. The van der Waals surface area contributed by atoms with Crippen molar-refractivity contribution in [3.8, 4) is 10.7 Å². The molecule has 0 saturated heterocycles. The second-order valence-electron chi connectivity index (χ2n) is 6.13. The molecule has 0 aromatic carbocycles. The Morgan fingerprint density at radius 1 is 1.52 bits per heavy atom. The Kier molecular flexibility index (Phi) is 4.57. The van der Waals surface area contributed by atoms with E-state index in [9.17, 15) is 0 Å². The first-order chi connectivity index (χ1) is 10.1. The number of nitrogens with zero attached hydrogens (tertiary/aromatic N) is 3. The van der Waals surface area contributed by atoms with E-state index in [1.807, 2.05) is 10.7 Å². The van der Waals surface area contributed by atoms with Crippen LogP contribution in [0.4, 0.5) is 0 Å². The number of rotatable bonds is 7. The van der Waals surface area contributed by atoms with E-state index in [1.165, 1.54) is 19.3 Å². The zero-order valence-electron chi connectivity index (χ0n) is 12.6. The molecule has 0 radical (unpaired) electrons. The molecule has 6 heteroatoms. The van der Waals surface area contributed by atoms with Crippen molar-refractivity contribution in [3.63, 3.8) is 0 Å². The summed E-state index contributed by atoms with van der Waals surface area (Å²) >= 11 is 7.09. The first-order valence-corrected chi connectivity index (χ1v) is 8.87. The van der Waals surface area contributed by atoms with Crippen molar-refractivity contribution in [1.29, 1.82) is 0 Å². The van der Waals surface area contributed by atoms with Crippen molar-refractivity contribution >= 4 is 23.6 Å². The largest absolute Gasteiger partial charge is 0.281 e. The molecule has 1 aliphatic carbocycles. The highest BCUT2D eigenvalue weighted by Crippen LogP contribution is 2.28. The lowest BCUT2D eigenvalue weighted by molar-refractivity contribution is 0.185. The van der Waals surface area contributed by atoms with E-state index in [0.29, 0.717) is 4.77 Å². The Hall–Kier alpha value is -0.980. The van der Waals surface area contributed by atoms with Crippen molar-refractivity contribution in [1.82, 2.24) is 19.7 Å². The predicted molar refractivity (Wildman–Crippen MR) is 89.9 cm³/mol. The molecule has 1 fully saturated rings. The summed E-state index contributed by atoms with van der Waals surface area (Å²) in [5.74, 6) is 1.62. The number of H-pyrrole nitrogens is 1.